The molecule has 3 N–H and O–H groups in total. The summed E-state index contributed by atoms with van der Waals surface area (Å²) in [6, 6.07) is 9.41. The summed E-state index contributed by atoms with van der Waals surface area (Å²) in [7, 11) is -2.94. The smallest absolute Gasteiger partial charge is 0.147 e. The molecule has 0 unspecified atom stereocenters. The summed E-state index contributed by atoms with van der Waals surface area (Å²) in [5.74, 6) is 0.792. The molecule has 0 radical (unpaired) electrons. The molecule has 7 heteroatoms. The molecule has 1 heterocycles. The quantitative estimate of drug-likeness (QED) is 0.622. The molecule has 2 rings (SSSR count). The van der Waals surface area contributed by atoms with Crippen molar-refractivity contribution in [2.45, 2.75) is 6.42 Å². The van der Waals surface area contributed by atoms with Crippen LogP contribution < -0.4 is 11.1 Å². The number of hydrogen-bond acceptors (Lipinski definition) is 5. The first-order chi connectivity index (χ1) is 9.87. The maximum absolute atomic E-state index is 11.1. The van der Waals surface area contributed by atoms with Gasteiger partial charge in [0.1, 0.15) is 20.6 Å². The van der Waals surface area contributed by atoms with E-state index in [1.54, 1.807) is 6.07 Å². The third-order valence-corrected chi connectivity index (χ3v) is 4.23. The third kappa shape index (κ3) is 4.37. The average Bonchev–Trinajstić information content (AvgIpc) is 2.41. The molecule has 5 nitrogen and oxygen atoms in total. The molecule has 2 aromatic rings. The van der Waals surface area contributed by atoms with E-state index in [4.69, 9.17) is 18.0 Å². The molecule has 0 atom stereocenters. The second-order valence-electron chi connectivity index (χ2n) is 4.85. The average molecular weight is 323 g/mol. The number of para-hydroxylation sites is 1. The molecule has 0 aliphatic heterocycles. The van der Waals surface area contributed by atoms with Gasteiger partial charge in [-0.05, 0) is 18.6 Å². The first-order valence-corrected chi connectivity index (χ1v) is 8.95. The van der Waals surface area contributed by atoms with E-state index in [0.717, 1.165) is 16.5 Å². The van der Waals surface area contributed by atoms with Crippen LogP contribution >= 0.6 is 12.2 Å². The molecule has 0 amide bonds. The van der Waals surface area contributed by atoms with Crippen molar-refractivity contribution in [2.24, 2.45) is 5.73 Å². The lowest BCUT2D eigenvalue weighted by Gasteiger charge is -2.10. The summed E-state index contributed by atoms with van der Waals surface area (Å²) in [6.45, 7) is 0.523. The Kier molecular flexibility index (Phi) is 4.74. The fourth-order valence-electron chi connectivity index (χ4n) is 2.02. The molecule has 0 aliphatic rings. The molecule has 1 aromatic heterocycles. The Hall–Kier alpha value is -1.73. The summed E-state index contributed by atoms with van der Waals surface area (Å²) in [4.78, 5) is 4.79. The van der Waals surface area contributed by atoms with Crippen LogP contribution in [-0.4, -0.2) is 36.9 Å². The third-order valence-electron chi connectivity index (χ3n) is 2.98. The molecule has 21 heavy (non-hydrogen) atoms. The highest BCUT2D eigenvalue weighted by Crippen LogP contribution is 2.20. The van der Waals surface area contributed by atoms with Crippen LogP contribution in [0.3, 0.4) is 0 Å². The molecule has 0 saturated carbocycles. The molecule has 0 spiro atoms. The summed E-state index contributed by atoms with van der Waals surface area (Å²) < 4.78 is 22.2. The van der Waals surface area contributed by atoms with Gasteiger partial charge in [-0.25, -0.2) is 13.4 Å². The lowest BCUT2D eigenvalue weighted by atomic mass is 10.1. The highest BCUT2D eigenvalue weighted by atomic mass is 32.2. The predicted molar refractivity (Wildman–Crippen MR) is 90.4 cm³/mol. The number of thiocarbonyl (C=S) groups is 1. The summed E-state index contributed by atoms with van der Waals surface area (Å²) >= 11 is 5.08. The number of nitrogens with one attached hydrogen (secondary N) is 1. The minimum atomic E-state index is -2.94. The van der Waals surface area contributed by atoms with Gasteiger partial charge in [0, 0.05) is 23.8 Å². The normalized spacial score (nSPS) is 11.5. The van der Waals surface area contributed by atoms with Gasteiger partial charge in [-0.15, -0.1) is 0 Å². The highest BCUT2D eigenvalue weighted by Gasteiger charge is 2.08. The minimum Gasteiger partial charge on any atom is -0.389 e. The number of sulfone groups is 1. The van der Waals surface area contributed by atoms with Gasteiger partial charge < -0.3 is 11.1 Å². The standard InChI is InChI=1S/C14H17N3O2S2/c1-21(18,19)8-4-7-16-13-9-11(14(15)20)10-5-2-3-6-12(10)17-13/h2-3,5-6,9H,4,7-8H2,1H3,(H2,15,20)(H,16,17). The van der Waals surface area contributed by atoms with Crippen LogP contribution in [0.2, 0.25) is 0 Å². The van der Waals surface area contributed by atoms with E-state index in [9.17, 15) is 8.42 Å². The van der Waals surface area contributed by atoms with Crippen LogP contribution in [0.4, 0.5) is 5.82 Å². The molecule has 0 fully saturated rings. The van der Waals surface area contributed by atoms with Crippen molar-refractivity contribution in [1.82, 2.24) is 4.98 Å². The van der Waals surface area contributed by atoms with Crippen molar-refractivity contribution in [1.29, 1.82) is 0 Å². The lowest BCUT2D eigenvalue weighted by molar-refractivity contribution is 0.600. The summed E-state index contributed by atoms with van der Waals surface area (Å²) in [6.07, 6.45) is 1.75. The molecule has 112 valence electrons. The number of benzene rings is 1. The second kappa shape index (κ2) is 6.36. The number of fused-ring (bicyclic) bond motifs is 1. The largest absolute Gasteiger partial charge is 0.389 e. The Morgan fingerprint density at radius 1 is 1.38 bits per heavy atom. The van der Waals surface area contributed by atoms with Gasteiger partial charge in [0.15, 0.2) is 0 Å². The minimum absolute atomic E-state index is 0.149. The molecular formula is C14H17N3O2S2. The molecule has 1 aromatic carbocycles. The van der Waals surface area contributed by atoms with Gasteiger partial charge in [-0.3, -0.25) is 0 Å². The van der Waals surface area contributed by atoms with Crippen molar-refractivity contribution in [3.63, 3.8) is 0 Å². The number of nitrogens with zero attached hydrogens (tertiary/aromatic N) is 1. The Morgan fingerprint density at radius 2 is 2.10 bits per heavy atom. The van der Waals surface area contributed by atoms with Crippen molar-refractivity contribution >= 4 is 43.8 Å². The first-order valence-electron chi connectivity index (χ1n) is 6.48. The van der Waals surface area contributed by atoms with E-state index < -0.39 is 9.84 Å². The number of hydrogen-bond donors (Lipinski definition) is 2. The van der Waals surface area contributed by atoms with Crippen LogP contribution in [0, 0.1) is 0 Å². The fraction of sp³-hybridized carbons (Fsp3) is 0.286. The fourth-order valence-corrected chi connectivity index (χ4v) is 2.86. The zero-order valence-electron chi connectivity index (χ0n) is 11.7. The molecule has 0 bridgehead atoms. The van der Waals surface area contributed by atoms with Gasteiger partial charge in [-0.1, -0.05) is 30.4 Å². The van der Waals surface area contributed by atoms with Crippen LogP contribution in [0.15, 0.2) is 30.3 Å². The van der Waals surface area contributed by atoms with Crippen LogP contribution in [0.5, 0.6) is 0 Å². The van der Waals surface area contributed by atoms with Gasteiger partial charge in [0.2, 0.25) is 0 Å². The van der Waals surface area contributed by atoms with E-state index in [1.165, 1.54) is 6.26 Å². The monoisotopic (exact) mass is 323 g/mol. The molecule has 0 aliphatic carbocycles. The van der Waals surface area contributed by atoms with E-state index in [1.807, 2.05) is 24.3 Å². The summed E-state index contributed by atoms with van der Waals surface area (Å²) in [5.41, 5.74) is 7.32. The van der Waals surface area contributed by atoms with Crippen molar-refractivity contribution in [3.8, 4) is 0 Å². The summed E-state index contributed by atoms with van der Waals surface area (Å²) in [5, 5.41) is 4.02. The number of nitrogens with two attached hydrogens (primary N) is 1. The maximum Gasteiger partial charge on any atom is 0.147 e. The molecule has 0 saturated heterocycles. The Bertz CT molecular complexity index is 773. The van der Waals surface area contributed by atoms with Crippen molar-refractivity contribution < 1.29 is 8.42 Å². The van der Waals surface area contributed by atoms with Gasteiger partial charge in [0.25, 0.3) is 0 Å². The van der Waals surface area contributed by atoms with Gasteiger partial charge in [0.05, 0.1) is 11.3 Å². The number of rotatable bonds is 6. The SMILES string of the molecule is CS(=O)(=O)CCCNc1cc(C(N)=S)c2ccccc2n1. The highest BCUT2D eigenvalue weighted by molar-refractivity contribution is 7.90. The van der Waals surface area contributed by atoms with Crippen LogP contribution in [0.1, 0.15) is 12.0 Å². The number of pyridine rings is 1. The zero-order chi connectivity index (χ0) is 15.5. The van der Waals surface area contributed by atoms with E-state index in [2.05, 4.69) is 10.3 Å². The predicted octanol–water partition coefficient (Wildman–Crippen LogP) is 1.72. The second-order valence-corrected chi connectivity index (χ2v) is 7.55. The van der Waals surface area contributed by atoms with Crippen LogP contribution in [-0.2, 0) is 9.84 Å². The first kappa shape index (κ1) is 15.7. The lowest BCUT2D eigenvalue weighted by Crippen LogP contribution is -2.13. The maximum atomic E-state index is 11.1. The van der Waals surface area contributed by atoms with Gasteiger partial charge in [-0.2, -0.15) is 0 Å². The van der Waals surface area contributed by atoms with Crippen LogP contribution in [0.25, 0.3) is 10.9 Å². The number of anilines is 1. The zero-order valence-corrected chi connectivity index (χ0v) is 13.3. The Labute approximate surface area is 129 Å². The topological polar surface area (TPSA) is 85.1 Å². The van der Waals surface area contributed by atoms with E-state index in [0.29, 0.717) is 23.8 Å². The van der Waals surface area contributed by atoms with Crippen molar-refractivity contribution in [3.05, 3.63) is 35.9 Å². The Morgan fingerprint density at radius 3 is 2.76 bits per heavy atom. The van der Waals surface area contributed by atoms with E-state index >= 15 is 0 Å². The van der Waals surface area contributed by atoms with Crippen molar-refractivity contribution in [2.75, 3.05) is 23.9 Å². The van der Waals surface area contributed by atoms with E-state index in [-0.39, 0.29) is 5.75 Å². The Balaban J connectivity index is 2.19. The molecular weight excluding hydrogens is 306 g/mol. The number of aromatic nitrogens is 1. The van der Waals surface area contributed by atoms with Gasteiger partial charge >= 0.3 is 0 Å².